The van der Waals surface area contributed by atoms with E-state index in [9.17, 15) is 32.3 Å². The van der Waals surface area contributed by atoms with Crippen LogP contribution < -0.4 is 10.6 Å². The van der Waals surface area contributed by atoms with Gasteiger partial charge >= 0.3 is 12.3 Å². The Kier molecular flexibility index (Phi) is 14.8. The highest BCUT2D eigenvalue weighted by Crippen LogP contribution is 2.37. The predicted molar refractivity (Wildman–Crippen MR) is 194 cm³/mol. The Morgan fingerprint density at radius 2 is 1.55 bits per heavy atom. The summed E-state index contributed by atoms with van der Waals surface area (Å²) in [6.07, 6.45) is -0.464. The van der Waals surface area contributed by atoms with Gasteiger partial charge in [0.25, 0.3) is 0 Å². The molecule has 1 aliphatic heterocycles. The summed E-state index contributed by atoms with van der Waals surface area (Å²) in [5, 5.41) is 5.14. The highest BCUT2D eigenvalue weighted by atomic mass is 19.4. The van der Waals surface area contributed by atoms with E-state index < -0.39 is 47.0 Å². The number of hydrogen-bond acceptors (Lipinski definition) is 7. The summed E-state index contributed by atoms with van der Waals surface area (Å²) in [5.41, 5.74) is -1.13. The number of hydrogen-bond donors (Lipinski definition) is 2. The summed E-state index contributed by atoms with van der Waals surface area (Å²) >= 11 is 0. The maximum atomic E-state index is 13.5. The lowest BCUT2D eigenvalue weighted by Gasteiger charge is -2.34. The van der Waals surface area contributed by atoms with Crippen molar-refractivity contribution in [1.82, 2.24) is 25.1 Å². The van der Waals surface area contributed by atoms with Crippen molar-refractivity contribution in [2.45, 2.75) is 104 Å². The number of imidazole rings is 1. The van der Waals surface area contributed by atoms with Crippen molar-refractivity contribution in [3.05, 3.63) is 89.5 Å². The van der Waals surface area contributed by atoms with Gasteiger partial charge in [-0.15, -0.1) is 0 Å². The highest BCUT2D eigenvalue weighted by molar-refractivity contribution is 5.93. The lowest BCUT2D eigenvalue weighted by Crippen LogP contribution is -2.58. The molecule has 0 radical (unpaired) electrons. The Labute approximate surface area is 309 Å². The third-order valence-electron chi connectivity index (χ3n) is 8.49. The number of carbonyl (C=O) groups excluding carboxylic acids is 4. The number of amides is 3. The van der Waals surface area contributed by atoms with Crippen molar-refractivity contribution >= 4 is 23.7 Å². The average Bonchev–Trinajstić information content (AvgIpc) is 3.49. The summed E-state index contributed by atoms with van der Waals surface area (Å²) in [6, 6.07) is 12.9. The number of ether oxygens (including phenoxy) is 2. The number of nitrogens with one attached hydrogen (secondary N) is 2. The van der Waals surface area contributed by atoms with Crippen LogP contribution in [0.1, 0.15) is 89.7 Å². The molecule has 3 amide bonds. The largest absolute Gasteiger partial charge is 0.444 e. The topological polar surface area (TPSA) is 132 Å². The number of Topliss-reactive ketones (excluding diaryl/α,β-unsaturated/α-hetero) is 1. The minimum Gasteiger partial charge on any atom is -0.444 e. The van der Waals surface area contributed by atoms with Crippen molar-refractivity contribution in [2.75, 3.05) is 19.7 Å². The third kappa shape index (κ3) is 13.3. The molecule has 3 aromatic rings. The molecular formula is C39H52F3N5O6. The molecule has 4 rings (SSSR count). The normalized spacial score (nSPS) is 15.0. The molecular weight excluding hydrogens is 691 g/mol. The monoisotopic (exact) mass is 743 g/mol. The summed E-state index contributed by atoms with van der Waals surface area (Å²) in [7, 11) is 0. The lowest BCUT2D eigenvalue weighted by molar-refractivity contribution is -0.140. The van der Waals surface area contributed by atoms with Crippen LogP contribution in [0.5, 0.6) is 0 Å². The fourth-order valence-electron chi connectivity index (χ4n) is 5.48. The second kappa shape index (κ2) is 18.4. The van der Waals surface area contributed by atoms with E-state index in [1.54, 1.807) is 38.8 Å². The van der Waals surface area contributed by atoms with E-state index >= 15 is 0 Å². The molecule has 2 aromatic carbocycles. The number of nitrogens with zero attached hydrogens (tertiary/aromatic N) is 3. The number of alkyl halides is 3. The zero-order valence-electron chi connectivity index (χ0n) is 31.8. The number of piperidine rings is 1. The molecule has 1 fully saturated rings. The Balaban J connectivity index is 0.000000285. The number of ketones is 1. The SMILES string of the molecule is CC(=O)C(COCc1ccccc1)NC(=O)C(C)(C)NC(=O)OC(C)(C)C.Cc1cn(C(C(=O)N2CCC(C)CC2)c2ccccc2C(F)(F)F)cn1. The maximum Gasteiger partial charge on any atom is 0.416 e. The second-order valence-corrected chi connectivity index (χ2v) is 14.8. The van der Waals surface area contributed by atoms with Crippen LogP contribution in [0.3, 0.4) is 0 Å². The van der Waals surface area contributed by atoms with Crippen LogP contribution >= 0.6 is 0 Å². The molecule has 1 saturated heterocycles. The molecule has 2 unspecified atom stereocenters. The van der Waals surface area contributed by atoms with Gasteiger partial charge in [0.05, 0.1) is 30.8 Å². The number of benzene rings is 2. The van der Waals surface area contributed by atoms with Crippen molar-refractivity contribution in [3.8, 4) is 0 Å². The number of aryl methyl sites for hydroxylation is 1. The van der Waals surface area contributed by atoms with Crippen LogP contribution in [0.15, 0.2) is 67.1 Å². The molecule has 14 heteroatoms. The molecule has 0 spiro atoms. The molecule has 2 heterocycles. The Morgan fingerprint density at radius 3 is 2.09 bits per heavy atom. The number of rotatable bonds is 11. The number of carbonyl (C=O) groups is 4. The van der Waals surface area contributed by atoms with Gasteiger partial charge in [0, 0.05) is 19.3 Å². The van der Waals surface area contributed by atoms with Gasteiger partial charge in [0.2, 0.25) is 11.8 Å². The van der Waals surface area contributed by atoms with E-state index in [0.29, 0.717) is 31.3 Å². The molecule has 2 atom stereocenters. The van der Waals surface area contributed by atoms with E-state index in [0.717, 1.165) is 24.5 Å². The predicted octanol–water partition coefficient (Wildman–Crippen LogP) is 6.64. The van der Waals surface area contributed by atoms with Crippen LogP contribution in [0.25, 0.3) is 0 Å². The first kappa shape index (κ1) is 42.7. The molecule has 1 aliphatic rings. The summed E-state index contributed by atoms with van der Waals surface area (Å²) in [4.78, 5) is 55.3. The molecule has 53 heavy (non-hydrogen) atoms. The van der Waals surface area contributed by atoms with Crippen LogP contribution in [-0.2, 0) is 36.6 Å². The quantitative estimate of drug-likeness (QED) is 0.225. The van der Waals surface area contributed by atoms with E-state index in [4.69, 9.17) is 9.47 Å². The first-order valence-corrected chi connectivity index (χ1v) is 17.6. The van der Waals surface area contributed by atoms with Gasteiger partial charge < -0.3 is 29.6 Å². The summed E-state index contributed by atoms with van der Waals surface area (Å²) in [5.74, 6) is -0.525. The van der Waals surface area contributed by atoms with Gasteiger partial charge in [-0.2, -0.15) is 13.2 Å². The van der Waals surface area contributed by atoms with Gasteiger partial charge in [-0.05, 0) is 84.4 Å². The third-order valence-corrected chi connectivity index (χ3v) is 8.49. The van der Waals surface area contributed by atoms with E-state index in [1.807, 2.05) is 30.3 Å². The molecule has 0 saturated carbocycles. The van der Waals surface area contributed by atoms with Crippen LogP contribution in [0.2, 0.25) is 0 Å². The minimum absolute atomic E-state index is 0.0402. The second-order valence-electron chi connectivity index (χ2n) is 14.8. The minimum atomic E-state index is -4.53. The molecule has 1 aromatic heterocycles. The first-order chi connectivity index (χ1) is 24.7. The van der Waals surface area contributed by atoms with Crippen LogP contribution in [0, 0.1) is 12.8 Å². The van der Waals surface area contributed by atoms with Crippen molar-refractivity contribution in [3.63, 3.8) is 0 Å². The fourth-order valence-corrected chi connectivity index (χ4v) is 5.48. The van der Waals surface area contributed by atoms with Crippen LogP contribution in [0.4, 0.5) is 18.0 Å². The van der Waals surface area contributed by atoms with E-state index in [2.05, 4.69) is 22.5 Å². The van der Waals surface area contributed by atoms with E-state index in [1.165, 1.54) is 49.9 Å². The van der Waals surface area contributed by atoms with Crippen LogP contribution in [-0.4, -0.2) is 75.0 Å². The lowest BCUT2D eigenvalue weighted by atomic mass is 9.95. The molecule has 0 bridgehead atoms. The van der Waals surface area contributed by atoms with Crippen molar-refractivity contribution in [1.29, 1.82) is 0 Å². The Hall–Kier alpha value is -4.72. The Bertz CT molecular complexity index is 1680. The first-order valence-electron chi connectivity index (χ1n) is 17.6. The number of halogens is 3. The van der Waals surface area contributed by atoms with Gasteiger partial charge in [-0.25, -0.2) is 9.78 Å². The maximum absolute atomic E-state index is 13.5. The van der Waals surface area contributed by atoms with Gasteiger partial charge in [-0.3, -0.25) is 14.4 Å². The van der Waals surface area contributed by atoms with Crippen molar-refractivity contribution < 1.29 is 41.8 Å². The molecule has 0 aliphatic carbocycles. The standard InChI is InChI=1S/C20H30N2O5.C19H22F3N3O/c1-14(23)16(13-26-12-15-10-8-7-9-11-15)21-17(24)20(5,6)22-18(25)27-19(2,3)4;1-13-7-9-24(10-8-13)18(26)17(25-11-14(2)23-12-25)15-5-3-4-6-16(15)19(20,21)22/h7-11,16H,12-13H2,1-6H3,(H,21,24)(H,22,25);3-6,11-13,17H,7-10H2,1-2H3. The average molecular weight is 744 g/mol. The molecule has 2 N–H and O–H groups in total. The smallest absolute Gasteiger partial charge is 0.416 e. The molecule has 11 nitrogen and oxygen atoms in total. The van der Waals surface area contributed by atoms with Gasteiger partial charge in [0.15, 0.2) is 5.78 Å². The fraction of sp³-hybridized carbons (Fsp3) is 0.513. The van der Waals surface area contributed by atoms with E-state index in [-0.39, 0.29) is 23.9 Å². The zero-order valence-corrected chi connectivity index (χ0v) is 31.8. The number of aromatic nitrogens is 2. The van der Waals surface area contributed by atoms with Crippen molar-refractivity contribution in [2.24, 2.45) is 5.92 Å². The summed E-state index contributed by atoms with van der Waals surface area (Å²) < 4.78 is 52.8. The van der Waals surface area contributed by atoms with Gasteiger partial charge in [0.1, 0.15) is 23.2 Å². The van der Waals surface area contributed by atoms with Gasteiger partial charge in [-0.1, -0.05) is 55.5 Å². The zero-order chi connectivity index (χ0) is 39.6. The number of alkyl carbamates (subject to hydrolysis) is 1. The highest BCUT2D eigenvalue weighted by Gasteiger charge is 2.39. The summed E-state index contributed by atoms with van der Waals surface area (Å²) in [6.45, 7) is 15.0. The molecule has 290 valence electrons. The number of likely N-dealkylation sites (tertiary alicyclic amines) is 1. The Morgan fingerprint density at radius 1 is 0.943 bits per heavy atom.